The van der Waals surface area contributed by atoms with Crippen molar-refractivity contribution in [1.82, 2.24) is 9.71 Å². The van der Waals surface area contributed by atoms with Crippen LogP contribution in [0.3, 0.4) is 0 Å². The lowest BCUT2D eigenvalue weighted by atomic mass is 10.3. The average Bonchev–Trinajstić information content (AvgIpc) is 2.15. The Balaban J connectivity index is 2.66. The molecule has 0 unspecified atom stereocenters. The van der Waals surface area contributed by atoms with E-state index >= 15 is 0 Å². The van der Waals surface area contributed by atoms with Gasteiger partial charge in [-0.05, 0) is 32.9 Å². The van der Waals surface area contributed by atoms with Gasteiger partial charge >= 0.3 is 0 Å². The molecule has 0 aliphatic rings. The summed E-state index contributed by atoms with van der Waals surface area (Å²) in [4.78, 5) is 4.21. The zero-order chi connectivity index (χ0) is 11.5. The van der Waals surface area contributed by atoms with E-state index in [2.05, 4.69) is 9.71 Å². The lowest BCUT2D eigenvalue weighted by Gasteiger charge is -2.09. The summed E-state index contributed by atoms with van der Waals surface area (Å²) in [6, 6.07) is 5.54. The van der Waals surface area contributed by atoms with Crippen LogP contribution in [0.1, 0.15) is 25.2 Å². The van der Waals surface area contributed by atoms with Crippen molar-refractivity contribution in [2.45, 2.75) is 32.6 Å². The first kappa shape index (κ1) is 12.1. The van der Waals surface area contributed by atoms with Crippen LogP contribution in [0.2, 0.25) is 0 Å². The zero-order valence-corrected chi connectivity index (χ0v) is 10.0. The summed E-state index contributed by atoms with van der Waals surface area (Å²) in [6.07, 6.45) is 0. The number of rotatable bonds is 4. The second-order valence-electron chi connectivity index (χ2n) is 3.69. The zero-order valence-electron chi connectivity index (χ0n) is 9.19. The summed E-state index contributed by atoms with van der Waals surface area (Å²) in [5.74, 6) is 0. The van der Waals surface area contributed by atoms with Crippen molar-refractivity contribution in [1.29, 1.82) is 0 Å². The number of sulfonamides is 1. The molecule has 0 bridgehead atoms. The smallest absolute Gasteiger partial charge is 0.214 e. The van der Waals surface area contributed by atoms with Gasteiger partial charge < -0.3 is 0 Å². The molecule has 1 aromatic heterocycles. The van der Waals surface area contributed by atoms with E-state index in [0.29, 0.717) is 0 Å². The van der Waals surface area contributed by atoms with E-state index < -0.39 is 15.3 Å². The highest BCUT2D eigenvalue weighted by Gasteiger charge is 2.14. The highest BCUT2D eigenvalue weighted by molar-refractivity contribution is 7.90. The standard InChI is InChI=1S/C10H16N2O2S/c1-8(2)15(13,14)11-7-10-6-4-5-9(3)12-10/h4-6,8,11H,7H2,1-3H3. The van der Waals surface area contributed by atoms with Gasteiger partial charge in [0.05, 0.1) is 17.5 Å². The van der Waals surface area contributed by atoms with Crippen LogP contribution >= 0.6 is 0 Å². The van der Waals surface area contributed by atoms with E-state index in [9.17, 15) is 8.42 Å². The minimum Gasteiger partial charge on any atom is -0.257 e. The van der Waals surface area contributed by atoms with Crippen molar-refractivity contribution < 1.29 is 8.42 Å². The summed E-state index contributed by atoms with van der Waals surface area (Å²) >= 11 is 0. The van der Waals surface area contributed by atoms with Gasteiger partial charge in [0.15, 0.2) is 0 Å². The first-order chi connectivity index (χ1) is 6.92. The average molecular weight is 228 g/mol. The fraction of sp³-hybridized carbons (Fsp3) is 0.500. The van der Waals surface area contributed by atoms with Crippen LogP contribution in [0.4, 0.5) is 0 Å². The molecule has 4 nitrogen and oxygen atoms in total. The molecule has 0 spiro atoms. The molecule has 0 atom stereocenters. The molecule has 0 aromatic carbocycles. The van der Waals surface area contributed by atoms with E-state index in [-0.39, 0.29) is 6.54 Å². The Morgan fingerprint density at radius 1 is 1.40 bits per heavy atom. The molecule has 1 N–H and O–H groups in total. The van der Waals surface area contributed by atoms with Crippen molar-refractivity contribution in [2.24, 2.45) is 0 Å². The number of hydrogen-bond acceptors (Lipinski definition) is 3. The van der Waals surface area contributed by atoms with E-state index in [4.69, 9.17) is 0 Å². The fourth-order valence-electron chi connectivity index (χ4n) is 1.04. The van der Waals surface area contributed by atoms with Crippen LogP contribution in [0.25, 0.3) is 0 Å². The lowest BCUT2D eigenvalue weighted by molar-refractivity contribution is 0.571. The van der Waals surface area contributed by atoms with Crippen LogP contribution in [0.5, 0.6) is 0 Å². The Morgan fingerprint density at radius 3 is 2.60 bits per heavy atom. The van der Waals surface area contributed by atoms with Gasteiger partial charge in [0.25, 0.3) is 0 Å². The quantitative estimate of drug-likeness (QED) is 0.843. The Hall–Kier alpha value is -0.940. The molecule has 0 amide bonds. The third-order valence-electron chi connectivity index (χ3n) is 2.02. The summed E-state index contributed by atoms with van der Waals surface area (Å²) < 4.78 is 25.4. The molecule has 5 heteroatoms. The molecular weight excluding hydrogens is 212 g/mol. The molecule has 1 rings (SSSR count). The monoisotopic (exact) mass is 228 g/mol. The van der Waals surface area contributed by atoms with E-state index in [1.165, 1.54) is 0 Å². The maximum Gasteiger partial charge on any atom is 0.214 e. The number of aryl methyl sites for hydroxylation is 1. The minimum atomic E-state index is -3.20. The van der Waals surface area contributed by atoms with Crippen molar-refractivity contribution in [3.63, 3.8) is 0 Å². The number of pyridine rings is 1. The first-order valence-corrected chi connectivity index (χ1v) is 6.37. The van der Waals surface area contributed by atoms with Gasteiger partial charge in [0.1, 0.15) is 0 Å². The van der Waals surface area contributed by atoms with Gasteiger partial charge in [0.2, 0.25) is 10.0 Å². The Morgan fingerprint density at radius 2 is 2.07 bits per heavy atom. The predicted octanol–water partition coefficient (Wildman–Crippen LogP) is 1.22. The molecule has 0 radical (unpaired) electrons. The van der Waals surface area contributed by atoms with Crippen LogP contribution in [0.15, 0.2) is 18.2 Å². The summed E-state index contributed by atoms with van der Waals surface area (Å²) in [5.41, 5.74) is 1.62. The summed E-state index contributed by atoms with van der Waals surface area (Å²) in [5, 5.41) is -0.415. The SMILES string of the molecule is Cc1cccc(CNS(=O)(=O)C(C)C)n1. The normalized spacial score (nSPS) is 12.0. The highest BCUT2D eigenvalue weighted by Crippen LogP contribution is 2.01. The van der Waals surface area contributed by atoms with Crippen LogP contribution in [-0.4, -0.2) is 18.7 Å². The number of aromatic nitrogens is 1. The molecule has 1 aromatic rings. The maximum atomic E-state index is 11.4. The number of nitrogens with zero attached hydrogens (tertiary/aromatic N) is 1. The highest BCUT2D eigenvalue weighted by atomic mass is 32.2. The minimum absolute atomic E-state index is 0.252. The van der Waals surface area contributed by atoms with Gasteiger partial charge in [-0.25, -0.2) is 13.1 Å². The van der Waals surface area contributed by atoms with Gasteiger partial charge in [-0.3, -0.25) is 4.98 Å². The molecule has 1 heterocycles. The van der Waals surface area contributed by atoms with Gasteiger partial charge in [-0.15, -0.1) is 0 Å². The molecule has 0 aliphatic carbocycles. The van der Waals surface area contributed by atoms with Gasteiger partial charge in [0, 0.05) is 5.69 Å². The third kappa shape index (κ3) is 3.60. The van der Waals surface area contributed by atoms with Crippen molar-refractivity contribution in [3.05, 3.63) is 29.6 Å². The van der Waals surface area contributed by atoms with Gasteiger partial charge in [-0.1, -0.05) is 6.07 Å². The molecule has 0 fully saturated rings. The van der Waals surface area contributed by atoms with Crippen molar-refractivity contribution in [2.75, 3.05) is 0 Å². The maximum absolute atomic E-state index is 11.4. The Kier molecular flexibility index (Phi) is 3.82. The Labute approximate surface area is 90.8 Å². The van der Waals surface area contributed by atoms with Crippen molar-refractivity contribution >= 4 is 10.0 Å². The van der Waals surface area contributed by atoms with Crippen LogP contribution in [-0.2, 0) is 16.6 Å². The third-order valence-corrected chi connectivity index (χ3v) is 3.81. The molecule has 0 aliphatic heterocycles. The first-order valence-electron chi connectivity index (χ1n) is 4.83. The van der Waals surface area contributed by atoms with E-state index in [0.717, 1.165) is 11.4 Å². The number of nitrogens with one attached hydrogen (secondary N) is 1. The van der Waals surface area contributed by atoms with Crippen LogP contribution < -0.4 is 4.72 Å². The summed E-state index contributed by atoms with van der Waals surface area (Å²) in [7, 11) is -3.20. The molecule has 84 valence electrons. The second kappa shape index (κ2) is 4.72. The predicted molar refractivity (Wildman–Crippen MR) is 59.9 cm³/mol. The topological polar surface area (TPSA) is 59.1 Å². The second-order valence-corrected chi connectivity index (χ2v) is 6.01. The largest absolute Gasteiger partial charge is 0.257 e. The molecular formula is C10H16N2O2S. The van der Waals surface area contributed by atoms with E-state index in [1.54, 1.807) is 19.9 Å². The molecule has 0 saturated heterocycles. The molecule has 0 saturated carbocycles. The van der Waals surface area contributed by atoms with Gasteiger partial charge in [-0.2, -0.15) is 0 Å². The fourth-order valence-corrected chi connectivity index (χ4v) is 1.72. The lowest BCUT2D eigenvalue weighted by Crippen LogP contribution is -2.30. The van der Waals surface area contributed by atoms with Crippen LogP contribution in [0, 0.1) is 6.92 Å². The summed E-state index contributed by atoms with van der Waals surface area (Å²) in [6.45, 7) is 5.42. The van der Waals surface area contributed by atoms with E-state index in [1.807, 2.05) is 19.1 Å². The van der Waals surface area contributed by atoms with Crippen molar-refractivity contribution in [3.8, 4) is 0 Å². The molecule has 15 heavy (non-hydrogen) atoms. The number of hydrogen-bond donors (Lipinski definition) is 1. The Bertz CT molecular complexity index is 427.